The zero-order valence-electron chi connectivity index (χ0n) is 15.5. The van der Waals surface area contributed by atoms with Crippen LogP contribution in [0, 0.1) is 0 Å². The fraction of sp³-hybridized carbons (Fsp3) is 0.300. The number of hydrogen-bond acceptors (Lipinski definition) is 3. The third-order valence-electron chi connectivity index (χ3n) is 4.45. The minimum atomic E-state index is -0.954. The number of rotatable bonds is 6. The smallest absolute Gasteiger partial charge is 0.677 e. The second kappa shape index (κ2) is 10.2. The van der Waals surface area contributed by atoms with Crippen molar-refractivity contribution in [3.63, 3.8) is 0 Å². The number of para-hydroxylation sites is 1. The van der Waals surface area contributed by atoms with Crippen LogP contribution in [0.5, 0.6) is 11.5 Å². The van der Waals surface area contributed by atoms with Gasteiger partial charge in [0, 0.05) is 6.04 Å². The summed E-state index contributed by atoms with van der Waals surface area (Å²) in [6, 6.07) is 15.8. The van der Waals surface area contributed by atoms with Crippen LogP contribution in [0.3, 0.4) is 0 Å². The van der Waals surface area contributed by atoms with E-state index in [1.165, 1.54) is 4.90 Å². The van der Waals surface area contributed by atoms with Crippen molar-refractivity contribution >= 4 is 17.6 Å². The zero-order chi connectivity index (χ0) is 18.5. The van der Waals surface area contributed by atoms with Gasteiger partial charge < -0.3 is 20.1 Å². The molecular formula is C20H21KN2O4. The summed E-state index contributed by atoms with van der Waals surface area (Å²) < 4.78 is 5.71. The number of amides is 1. The van der Waals surface area contributed by atoms with E-state index in [0.717, 1.165) is 5.75 Å². The van der Waals surface area contributed by atoms with E-state index in [1.807, 2.05) is 37.3 Å². The molecule has 6 nitrogen and oxygen atoms in total. The molecule has 2 atom stereocenters. The Morgan fingerprint density at radius 2 is 1.70 bits per heavy atom. The average Bonchev–Trinajstić information content (AvgIpc) is 3.04. The van der Waals surface area contributed by atoms with Crippen LogP contribution in [0.1, 0.15) is 19.8 Å². The molecule has 7 heteroatoms. The van der Waals surface area contributed by atoms with Crippen molar-refractivity contribution in [2.45, 2.75) is 31.8 Å². The number of hydrogen-bond donors (Lipinski definition) is 1. The van der Waals surface area contributed by atoms with Crippen LogP contribution in [0.15, 0.2) is 54.6 Å². The molecule has 0 aromatic heterocycles. The quantitative estimate of drug-likeness (QED) is 0.743. The first kappa shape index (κ1) is 21.9. The Bertz CT molecular complexity index is 767. The normalized spacial score (nSPS) is 18.5. The summed E-state index contributed by atoms with van der Waals surface area (Å²) in [4.78, 5) is 25.1. The molecule has 0 radical (unpaired) electrons. The molecule has 2 aromatic carbocycles. The van der Waals surface area contributed by atoms with Gasteiger partial charge >= 0.3 is 57.4 Å². The molecule has 2 aromatic rings. The topological polar surface area (TPSA) is 80.9 Å². The Morgan fingerprint density at radius 3 is 2.33 bits per heavy atom. The molecule has 1 aliphatic rings. The Balaban J connectivity index is 0.00000261. The average molecular weight is 392 g/mol. The number of carbonyl (C=O) groups excluding carboxylic acids is 1. The predicted molar refractivity (Wildman–Crippen MR) is 97.8 cm³/mol. The largest absolute Gasteiger partial charge is 1.00 e. The molecular weight excluding hydrogens is 371 g/mol. The van der Waals surface area contributed by atoms with Gasteiger partial charge in [0.25, 0.3) is 0 Å². The molecule has 1 N–H and O–H groups in total. The standard InChI is InChI=1S/C20H21N2O4.K/c1-14-7-12-18(20(24)25)22(14)19(23)13-21-15-8-10-17(11-9-15)26-16-5-3-2-4-6-16;/h2-6,8-11,14,18H,7,12-13H2,1H3,(H,24,25);/q-1;+1. The van der Waals surface area contributed by atoms with Gasteiger partial charge in [-0.05, 0) is 50.6 Å². The molecule has 1 saturated heterocycles. The summed E-state index contributed by atoms with van der Waals surface area (Å²) in [5, 5.41) is 13.5. The van der Waals surface area contributed by atoms with E-state index in [2.05, 4.69) is 5.32 Å². The first-order valence-electron chi connectivity index (χ1n) is 8.59. The molecule has 136 valence electrons. The minimum absolute atomic E-state index is 0. The first-order valence-corrected chi connectivity index (χ1v) is 8.59. The molecule has 1 heterocycles. The Hall–Kier alpha value is -1.38. The van der Waals surface area contributed by atoms with Crippen molar-refractivity contribution in [2.75, 3.05) is 6.54 Å². The monoisotopic (exact) mass is 392 g/mol. The summed E-state index contributed by atoms with van der Waals surface area (Å²) in [7, 11) is 0. The zero-order valence-corrected chi connectivity index (χ0v) is 18.7. The van der Waals surface area contributed by atoms with E-state index in [4.69, 9.17) is 4.74 Å². The van der Waals surface area contributed by atoms with Crippen LogP contribution < -0.4 is 56.1 Å². The van der Waals surface area contributed by atoms with Crippen LogP contribution >= 0.6 is 0 Å². The van der Waals surface area contributed by atoms with E-state index >= 15 is 0 Å². The van der Waals surface area contributed by atoms with Gasteiger partial charge in [0.15, 0.2) is 0 Å². The summed E-state index contributed by atoms with van der Waals surface area (Å²) in [5.74, 6) is 0.216. The van der Waals surface area contributed by atoms with Crippen molar-refractivity contribution in [3.8, 4) is 11.5 Å². The molecule has 1 aliphatic heterocycles. The molecule has 0 saturated carbocycles. The Labute approximate surface area is 201 Å². The third kappa shape index (κ3) is 5.79. The van der Waals surface area contributed by atoms with Crippen LogP contribution in [-0.4, -0.2) is 40.5 Å². The molecule has 27 heavy (non-hydrogen) atoms. The second-order valence-electron chi connectivity index (χ2n) is 6.31. The van der Waals surface area contributed by atoms with E-state index < -0.39 is 12.0 Å². The number of carboxylic acid groups (broad SMARTS) is 1. The SMILES string of the molecule is CC1CCC(C(=O)O)N1C(=O)C[N-]c1ccc(Oc2ccccc2)cc1.[K+]. The Morgan fingerprint density at radius 1 is 1.07 bits per heavy atom. The number of carboxylic acids is 1. The van der Waals surface area contributed by atoms with Crippen molar-refractivity contribution in [1.29, 1.82) is 0 Å². The number of ether oxygens (including phenoxy) is 1. The maximum Gasteiger partial charge on any atom is 1.00 e. The number of aliphatic carboxylic acids is 1. The number of benzene rings is 2. The summed E-state index contributed by atoms with van der Waals surface area (Å²) in [6.45, 7) is 1.81. The van der Waals surface area contributed by atoms with E-state index in [1.54, 1.807) is 24.3 Å². The summed E-state index contributed by atoms with van der Waals surface area (Å²) in [6.07, 6.45) is 1.20. The van der Waals surface area contributed by atoms with Gasteiger partial charge in [0.05, 0.1) is 0 Å². The fourth-order valence-corrected chi connectivity index (χ4v) is 3.13. The third-order valence-corrected chi connectivity index (χ3v) is 4.45. The maximum absolute atomic E-state index is 12.4. The summed E-state index contributed by atoms with van der Waals surface area (Å²) >= 11 is 0. The van der Waals surface area contributed by atoms with E-state index in [-0.39, 0.29) is 69.9 Å². The van der Waals surface area contributed by atoms with Gasteiger partial charge in [-0.15, -0.1) is 5.69 Å². The molecule has 2 unspecified atom stereocenters. The van der Waals surface area contributed by atoms with Crippen LogP contribution in [0.25, 0.3) is 5.32 Å². The Kier molecular flexibility index (Phi) is 8.31. The van der Waals surface area contributed by atoms with Gasteiger partial charge in [0.1, 0.15) is 17.5 Å². The van der Waals surface area contributed by atoms with Crippen molar-refractivity contribution < 1.29 is 70.8 Å². The molecule has 1 amide bonds. The van der Waals surface area contributed by atoms with Crippen LogP contribution in [0.4, 0.5) is 5.69 Å². The number of carbonyl (C=O) groups is 2. The fourth-order valence-electron chi connectivity index (χ4n) is 3.13. The predicted octanol–water partition coefficient (Wildman–Crippen LogP) is 0.952. The van der Waals surface area contributed by atoms with Crippen LogP contribution in [-0.2, 0) is 9.59 Å². The number of likely N-dealkylation sites (tertiary alicyclic amines) is 1. The van der Waals surface area contributed by atoms with E-state index in [0.29, 0.717) is 24.3 Å². The maximum atomic E-state index is 12.4. The molecule has 0 bridgehead atoms. The molecule has 0 spiro atoms. The first-order chi connectivity index (χ1) is 12.5. The van der Waals surface area contributed by atoms with Crippen molar-refractivity contribution in [1.82, 2.24) is 4.90 Å². The van der Waals surface area contributed by atoms with Crippen LogP contribution in [0.2, 0.25) is 0 Å². The van der Waals surface area contributed by atoms with E-state index in [9.17, 15) is 14.7 Å². The van der Waals surface area contributed by atoms with Gasteiger partial charge in [-0.1, -0.05) is 30.3 Å². The van der Waals surface area contributed by atoms with Crippen molar-refractivity contribution in [3.05, 3.63) is 59.9 Å². The minimum Gasteiger partial charge on any atom is -0.677 e. The van der Waals surface area contributed by atoms with Gasteiger partial charge in [-0.2, -0.15) is 0 Å². The molecule has 3 rings (SSSR count). The second-order valence-corrected chi connectivity index (χ2v) is 6.31. The molecule has 0 aliphatic carbocycles. The van der Waals surface area contributed by atoms with Gasteiger partial charge in [-0.3, -0.25) is 4.79 Å². The van der Waals surface area contributed by atoms with Crippen molar-refractivity contribution in [2.24, 2.45) is 0 Å². The van der Waals surface area contributed by atoms with Gasteiger partial charge in [-0.25, -0.2) is 4.79 Å². The van der Waals surface area contributed by atoms with Gasteiger partial charge in [0.2, 0.25) is 5.91 Å². The number of nitrogens with zero attached hydrogens (tertiary/aromatic N) is 2. The summed E-state index contributed by atoms with van der Waals surface area (Å²) in [5.41, 5.74) is 0.650. The molecule has 1 fully saturated rings.